The molecule has 0 fully saturated rings. The Labute approximate surface area is 149 Å². The number of nitrogens with one attached hydrogen (secondary N) is 1. The molecule has 0 bridgehead atoms. The Morgan fingerprint density at radius 2 is 1.71 bits per heavy atom. The number of rotatable bonds is 5. The highest BCUT2D eigenvalue weighted by Gasteiger charge is 2.23. The molecule has 1 unspecified atom stereocenters. The summed E-state index contributed by atoms with van der Waals surface area (Å²) in [6, 6.07) is 14.2. The normalized spacial score (nSPS) is 13.1. The zero-order chi connectivity index (χ0) is 15.5. The molecule has 2 aromatic carbocycles. The Kier molecular flexibility index (Phi) is 6.02. The van der Waals surface area contributed by atoms with E-state index in [2.05, 4.69) is 52.5 Å². The van der Waals surface area contributed by atoms with Crippen molar-refractivity contribution < 1.29 is 8.42 Å². The van der Waals surface area contributed by atoms with Gasteiger partial charge in [0.05, 0.1) is 10.9 Å². The minimum Gasteiger partial charge on any atom is -0.207 e. The number of hydrogen-bond donors (Lipinski definition) is 1. The Bertz CT molecular complexity index is 720. The predicted molar refractivity (Wildman–Crippen MR) is 95.1 cm³/mol. The largest absolute Gasteiger partial charge is 0.242 e. The van der Waals surface area contributed by atoms with E-state index >= 15 is 0 Å². The van der Waals surface area contributed by atoms with Gasteiger partial charge in [-0.2, -0.15) is 0 Å². The van der Waals surface area contributed by atoms with E-state index in [-0.39, 0.29) is 10.9 Å². The Morgan fingerprint density at radius 1 is 1.05 bits per heavy atom. The Morgan fingerprint density at radius 3 is 2.33 bits per heavy atom. The second-order valence-corrected chi connectivity index (χ2v) is 8.41. The number of benzene rings is 2. The molecular weight excluding hydrogens is 486 g/mol. The fraction of sp³-hybridized carbons (Fsp3) is 0.143. The van der Waals surface area contributed by atoms with Crippen molar-refractivity contribution in [2.24, 2.45) is 0 Å². The number of alkyl halides is 1. The molecule has 3 nitrogen and oxygen atoms in total. The maximum absolute atomic E-state index is 12.6. The molecule has 2 aromatic rings. The van der Waals surface area contributed by atoms with Gasteiger partial charge in [-0.1, -0.05) is 62.2 Å². The SMILES string of the molecule is O=S(=O)(NC(CBr)c1ccccc1)c1cc(Br)ccc1Br. The lowest BCUT2D eigenvalue weighted by Gasteiger charge is -2.17. The highest BCUT2D eigenvalue weighted by Crippen LogP contribution is 2.27. The molecule has 0 heterocycles. The van der Waals surface area contributed by atoms with Gasteiger partial charge in [-0.05, 0) is 39.7 Å². The molecule has 0 spiro atoms. The van der Waals surface area contributed by atoms with Gasteiger partial charge >= 0.3 is 0 Å². The van der Waals surface area contributed by atoms with Gasteiger partial charge in [-0.15, -0.1) is 0 Å². The number of sulfonamides is 1. The molecule has 1 N–H and O–H groups in total. The van der Waals surface area contributed by atoms with E-state index in [4.69, 9.17) is 0 Å². The van der Waals surface area contributed by atoms with Gasteiger partial charge in [0.2, 0.25) is 10.0 Å². The van der Waals surface area contributed by atoms with Crippen LogP contribution in [0.15, 0.2) is 62.4 Å². The third kappa shape index (κ3) is 4.39. The fourth-order valence-corrected chi connectivity index (χ4v) is 5.28. The number of halogens is 3. The van der Waals surface area contributed by atoms with Crippen LogP contribution >= 0.6 is 47.8 Å². The Balaban J connectivity index is 2.34. The van der Waals surface area contributed by atoms with Crippen molar-refractivity contribution in [1.82, 2.24) is 4.72 Å². The molecule has 1 atom stereocenters. The van der Waals surface area contributed by atoms with Crippen molar-refractivity contribution in [3.05, 3.63) is 63.0 Å². The van der Waals surface area contributed by atoms with E-state index < -0.39 is 10.0 Å². The van der Waals surface area contributed by atoms with Crippen molar-refractivity contribution in [2.75, 3.05) is 5.33 Å². The zero-order valence-electron chi connectivity index (χ0n) is 10.8. The monoisotopic (exact) mass is 495 g/mol. The van der Waals surface area contributed by atoms with Gasteiger partial charge in [-0.25, -0.2) is 13.1 Å². The van der Waals surface area contributed by atoms with E-state index in [1.54, 1.807) is 18.2 Å². The van der Waals surface area contributed by atoms with Crippen LogP contribution < -0.4 is 4.72 Å². The molecular formula is C14H12Br3NO2S. The number of hydrogen-bond acceptors (Lipinski definition) is 2. The lowest BCUT2D eigenvalue weighted by molar-refractivity contribution is 0.568. The highest BCUT2D eigenvalue weighted by molar-refractivity contribution is 9.11. The van der Waals surface area contributed by atoms with Gasteiger partial charge in [0.1, 0.15) is 0 Å². The smallest absolute Gasteiger partial charge is 0.207 e. The van der Waals surface area contributed by atoms with Crippen LogP contribution in [0.2, 0.25) is 0 Å². The van der Waals surface area contributed by atoms with Crippen LogP contribution in [0, 0.1) is 0 Å². The third-order valence-electron chi connectivity index (χ3n) is 2.84. The second kappa shape index (κ2) is 7.37. The van der Waals surface area contributed by atoms with E-state index in [9.17, 15) is 8.42 Å². The minimum atomic E-state index is -3.63. The summed E-state index contributed by atoms with van der Waals surface area (Å²) < 4.78 is 29.1. The quantitative estimate of drug-likeness (QED) is 0.612. The highest BCUT2D eigenvalue weighted by atomic mass is 79.9. The van der Waals surface area contributed by atoms with Crippen LogP contribution in [-0.2, 0) is 10.0 Å². The van der Waals surface area contributed by atoms with Gasteiger partial charge in [0.15, 0.2) is 0 Å². The molecule has 0 saturated heterocycles. The van der Waals surface area contributed by atoms with Gasteiger partial charge in [0, 0.05) is 14.3 Å². The summed E-state index contributed by atoms with van der Waals surface area (Å²) in [6.07, 6.45) is 0. The van der Waals surface area contributed by atoms with Crippen LogP contribution in [0.1, 0.15) is 11.6 Å². The molecule has 7 heteroatoms. The van der Waals surface area contributed by atoms with Crippen LogP contribution in [0.5, 0.6) is 0 Å². The fourth-order valence-electron chi connectivity index (χ4n) is 1.81. The summed E-state index contributed by atoms with van der Waals surface area (Å²) in [5, 5.41) is 0.488. The molecule has 0 aliphatic rings. The van der Waals surface area contributed by atoms with Crippen molar-refractivity contribution in [3.63, 3.8) is 0 Å². The summed E-state index contributed by atoms with van der Waals surface area (Å²) >= 11 is 9.94. The van der Waals surface area contributed by atoms with Gasteiger partial charge in [0.25, 0.3) is 0 Å². The molecule has 21 heavy (non-hydrogen) atoms. The summed E-state index contributed by atoms with van der Waals surface area (Å²) in [4.78, 5) is 0.207. The summed E-state index contributed by atoms with van der Waals surface area (Å²) in [5.41, 5.74) is 0.907. The molecule has 0 saturated carbocycles. The first kappa shape index (κ1) is 17.1. The van der Waals surface area contributed by atoms with Crippen LogP contribution in [0.4, 0.5) is 0 Å². The molecule has 0 amide bonds. The predicted octanol–water partition coefficient (Wildman–Crippen LogP) is 4.63. The topological polar surface area (TPSA) is 46.2 Å². The molecule has 0 radical (unpaired) electrons. The molecule has 112 valence electrons. The van der Waals surface area contributed by atoms with Crippen molar-refractivity contribution in [3.8, 4) is 0 Å². The molecule has 0 aliphatic heterocycles. The molecule has 0 aliphatic carbocycles. The lowest BCUT2D eigenvalue weighted by Crippen LogP contribution is -2.29. The van der Waals surface area contributed by atoms with Crippen molar-refractivity contribution in [1.29, 1.82) is 0 Å². The van der Waals surface area contributed by atoms with Crippen LogP contribution in [0.25, 0.3) is 0 Å². The van der Waals surface area contributed by atoms with Gasteiger partial charge < -0.3 is 0 Å². The van der Waals surface area contributed by atoms with E-state index in [0.29, 0.717) is 14.3 Å². The standard InChI is InChI=1S/C14H12Br3NO2S/c15-9-13(10-4-2-1-3-5-10)18-21(19,20)14-8-11(16)6-7-12(14)17/h1-8,13,18H,9H2. The first-order valence-corrected chi connectivity index (χ1v) is 10.2. The maximum atomic E-state index is 12.6. The minimum absolute atomic E-state index is 0.207. The average Bonchev–Trinajstić information content (AvgIpc) is 2.48. The summed E-state index contributed by atoms with van der Waals surface area (Å²) in [6.45, 7) is 0. The van der Waals surface area contributed by atoms with Crippen molar-refractivity contribution >= 4 is 57.8 Å². The van der Waals surface area contributed by atoms with Crippen molar-refractivity contribution in [2.45, 2.75) is 10.9 Å². The summed E-state index contributed by atoms with van der Waals surface area (Å²) in [5.74, 6) is 0. The average molecular weight is 498 g/mol. The lowest BCUT2D eigenvalue weighted by atomic mass is 10.1. The first-order valence-electron chi connectivity index (χ1n) is 6.02. The third-order valence-corrected chi connectivity index (χ3v) is 6.44. The molecule has 0 aromatic heterocycles. The van der Waals surface area contributed by atoms with E-state index in [1.807, 2.05) is 30.3 Å². The van der Waals surface area contributed by atoms with E-state index in [1.165, 1.54) is 0 Å². The van der Waals surface area contributed by atoms with Gasteiger partial charge in [-0.3, -0.25) is 0 Å². The second-order valence-electron chi connectivity index (χ2n) is 4.31. The van der Waals surface area contributed by atoms with Crippen LogP contribution in [-0.4, -0.2) is 13.7 Å². The molecule has 2 rings (SSSR count). The zero-order valence-corrected chi connectivity index (χ0v) is 16.3. The first-order chi connectivity index (χ1) is 9.94. The maximum Gasteiger partial charge on any atom is 0.242 e. The summed E-state index contributed by atoms with van der Waals surface area (Å²) in [7, 11) is -3.63. The van der Waals surface area contributed by atoms with E-state index in [0.717, 1.165) is 5.56 Å². The Hall–Kier alpha value is -0.210. The van der Waals surface area contributed by atoms with Crippen LogP contribution in [0.3, 0.4) is 0 Å².